The van der Waals surface area contributed by atoms with Crippen LogP contribution in [-0.4, -0.2) is 58.7 Å². The highest BCUT2D eigenvalue weighted by Gasteiger charge is 2.32. The third-order valence-electron chi connectivity index (χ3n) is 5.78. The summed E-state index contributed by atoms with van der Waals surface area (Å²) in [5.74, 6) is 1.40. The highest BCUT2D eigenvalue weighted by molar-refractivity contribution is 7.91. The first kappa shape index (κ1) is 20.8. The molecule has 0 spiro atoms. The average Bonchev–Trinajstić information content (AvgIpc) is 3.22. The van der Waals surface area contributed by atoms with Crippen LogP contribution in [0, 0.1) is 26.7 Å². The minimum absolute atomic E-state index is 0.0435. The van der Waals surface area contributed by atoms with Gasteiger partial charge in [0.15, 0.2) is 9.84 Å². The lowest BCUT2D eigenvalue weighted by Gasteiger charge is -2.31. The molecule has 10 heteroatoms. The summed E-state index contributed by atoms with van der Waals surface area (Å²) < 4.78 is 25.4. The Morgan fingerprint density at radius 3 is 2.30 bits per heavy atom. The van der Waals surface area contributed by atoms with Gasteiger partial charge in [0, 0.05) is 36.5 Å². The number of carbonyl (C=O) groups excluding carboxylic acids is 1. The molecular weight excluding hydrogens is 404 g/mol. The Labute approximate surface area is 176 Å². The minimum Gasteiger partial charge on any atom is -0.341 e. The quantitative estimate of drug-likeness (QED) is 0.784. The molecule has 2 aromatic rings. The molecule has 2 aliphatic heterocycles. The van der Waals surface area contributed by atoms with Gasteiger partial charge in [0.05, 0.1) is 23.2 Å². The van der Waals surface area contributed by atoms with Crippen molar-refractivity contribution in [2.75, 3.05) is 34.8 Å². The van der Waals surface area contributed by atoms with E-state index in [0.717, 1.165) is 36.1 Å². The molecule has 2 fully saturated rings. The molecule has 2 aliphatic rings. The number of carbonyl (C=O) groups is 1. The van der Waals surface area contributed by atoms with Gasteiger partial charge in [-0.3, -0.25) is 4.79 Å². The number of rotatable bonds is 4. The topological polar surface area (TPSA) is 110 Å². The lowest BCUT2D eigenvalue weighted by atomic mass is 9.96. The van der Waals surface area contributed by atoms with Crippen molar-refractivity contribution in [3.63, 3.8) is 0 Å². The van der Waals surface area contributed by atoms with Crippen molar-refractivity contribution in [2.45, 2.75) is 46.1 Å². The number of nitrogens with zero attached hydrogens (tertiary/aromatic N) is 5. The Kier molecular flexibility index (Phi) is 5.52. The maximum Gasteiger partial charge on any atom is 0.228 e. The number of aromatic nitrogens is 4. The van der Waals surface area contributed by atoms with Crippen LogP contribution in [0.15, 0.2) is 12.1 Å². The summed E-state index contributed by atoms with van der Waals surface area (Å²) in [6.07, 6.45) is 1.96. The predicted molar refractivity (Wildman–Crippen MR) is 114 cm³/mol. The fraction of sp³-hybridized carbons (Fsp3) is 0.600. The molecule has 4 heterocycles. The lowest BCUT2D eigenvalue weighted by molar-refractivity contribution is -0.120. The summed E-state index contributed by atoms with van der Waals surface area (Å²) in [6, 6.07) is 3.54. The van der Waals surface area contributed by atoms with Crippen LogP contribution in [0.25, 0.3) is 0 Å². The second kappa shape index (κ2) is 7.98. The first-order valence-electron chi connectivity index (χ1n) is 10.3. The van der Waals surface area contributed by atoms with Gasteiger partial charge < -0.3 is 10.2 Å². The Balaban J connectivity index is 1.40. The van der Waals surface area contributed by atoms with Crippen molar-refractivity contribution in [1.29, 1.82) is 0 Å². The van der Waals surface area contributed by atoms with Crippen LogP contribution < -0.4 is 10.2 Å². The number of sulfone groups is 1. The summed E-state index contributed by atoms with van der Waals surface area (Å²) in [4.78, 5) is 24.1. The number of piperidine rings is 1. The van der Waals surface area contributed by atoms with E-state index < -0.39 is 9.84 Å². The maximum absolute atomic E-state index is 12.9. The molecule has 1 N–H and O–H groups in total. The number of hydrogen-bond acceptors (Lipinski definition) is 7. The van der Waals surface area contributed by atoms with Gasteiger partial charge in [-0.15, -0.1) is 0 Å². The molecule has 1 atom stereocenters. The van der Waals surface area contributed by atoms with Crippen molar-refractivity contribution in [2.24, 2.45) is 5.92 Å². The van der Waals surface area contributed by atoms with E-state index in [1.165, 1.54) is 0 Å². The zero-order valence-corrected chi connectivity index (χ0v) is 18.4. The summed E-state index contributed by atoms with van der Waals surface area (Å²) in [7, 11) is -3.03. The van der Waals surface area contributed by atoms with Gasteiger partial charge in [0.25, 0.3) is 0 Å². The average molecular weight is 433 g/mol. The van der Waals surface area contributed by atoms with Crippen molar-refractivity contribution in [1.82, 2.24) is 19.7 Å². The molecule has 0 aliphatic carbocycles. The summed E-state index contributed by atoms with van der Waals surface area (Å²) in [6.45, 7) is 7.20. The third kappa shape index (κ3) is 4.48. The van der Waals surface area contributed by atoms with Gasteiger partial charge >= 0.3 is 0 Å². The Morgan fingerprint density at radius 1 is 1.03 bits per heavy atom. The number of amides is 1. The first-order chi connectivity index (χ1) is 14.2. The van der Waals surface area contributed by atoms with E-state index in [0.29, 0.717) is 25.1 Å². The van der Waals surface area contributed by atoms with Gasteiger partial charge in [-0.1, -0.05) is 0 Å². The minimum atomic E-state index is -3.03. The molecule has 9 nitrogen and oxygen atoms in total. The number of hydrogen-bond donors (Lipinski definition) is 1. The Hall–Kier alpha value is -2.49. The third-order valence-corrected chi connectivity index (χ3v) is 7.53. The van der Waals surface area contributed by atoms with Crippen molar-refractivity contribution in [3.05, 3.63) is 29.2 Å². The van der Waals surface area contributed by atoms with Crippen LogP contribution in [0.1, 0.15) is 42.4 Å². The zero-order valence-electron chi connectivity index (χ0n) is 17.6. The van der Waals surface area contributed by atoms with Crippen LogP contribution in [0.2, 0.25) is 0 Å². The molecule has 1 amide bonds. The predicted octanol–water partition coefficient (Wildman–Crippen LogP) is 1.81. The molecule has 0 saturated carbocycles. The van der Waals surface area contributed by atoms with Gasteiger partial charge in [-0.25, -0.2) is 23.1 Å². The molecule has 2 aromatic heterocycles. The highest BCUT2D eigenvalue weighted by Crippen LogP contribution is 2.28. The second-order valence-electron chi connectivity index (χ2n) is 8.37. The van der Waals surface area contributed by atoms with Crippen LogP contribution in [-0.2, 0) is 14.6 Å². The lowest BCUT2D eigenvalue weighted by Crippen LogP contribution is -2.39. The summed E-state index contributed by atoms with van der Waals surface area (Å²) in [5, 5.41) is 7.43. The molecule has 0 bridgehead atoms. The van der Waals surface area contributed by atoms with Gasteiger partial charge in [0.2, 0.25) is 11.9 Å². The number of aryl methyl sites for hydroxylation is 3. The van der Waals surface area contributed by atoms with Gasteiger partial charge in [-0.05, 0) is 46.1 Å². The highest BCUT2D eigenvalue weighted by atomic mass is 32.2. The fourth-order valence-electron chi connectivity index (χ4n) is 4.28. The van der Waals surface area contributed by atoms with Crippen LogP contribution in [0.5, 0.6) is 0 Å². The van der Waals surface area contributed by atoms with E-state index in [4.69, 9.17) is 0 Å². The van der Waals surface area contributed by atoms with Crippen LogP contribution >= 0.6 is 0 Å². The van der Waals surface area contributed by atoms with E-state index >= 15 is 0 Å². The van der Waals surface area contributed by atoms with Crippen molar-refractivity contribution in [3.8, 4) is 0 Å². The SMILES string of the molecule is Cc1cc(C)nc(N2CCC(C(=O)Nc3cc(C)nn3[C@@H]3CCS(=O)(=O)C3)CC2)n1. The van der Waals surface area contributed by atoms with Gasteiger partial charge in [-0.2, -0.15) is 5.10 Å². The molecule has 2 saturated heterocycles. The zero-order chi connectivity index (χ0) is 21.5. The summed E-state index contributed by atoms with van der Waals surface area (Å²) in [5.41, 5.74) is 2.64. The smallest absolute Gasteiger partial charge is 0.228 e. The largest absolute Gasteiger partial charge is 0.341 e. The normalized spacial score (nSPS) is 21.7. The van der Waals surface area contributed by atoms with Crippen LogP contribution in [0.3, 0.4) is 0 Å². The van der Waals surface area contributed by atoms with E-state index in [1.807, 2.05) is 26.8 Å². The molecule has 4 rings (SSSR count). The van der Waals surface area contributed by atoms with Gasteiger partial charge in [0.1, 0.15) is 5.82 Å². The van der Waals surface area contributed by atoms with Crippen LogP contribution in [0.4, 0.5) is 11.8 Å². The molecular formula is C20H28N6O3S. The van der Waals surface area contributed by atoms with E-state index in [-0.39, 0.29) is 29.4 Å². The molecule has 0 radical (unpaired) electrons. The first-order valence-corrected chi connectivity index (χ1v) is 12.2. The monoisotopic (exact) mass is 432 g/mol. The van der Waals surface area contributed by atoms with E-state index in [9.17, 15) is 13.2 Å². The van der Waals surface area contributed by atoms with Crippen molar-refractivity contribution >= 4 is 27.5 Å². The molecule has 30 heavy (non-hydrogen) atoms. The molecule has 0 unspecified atom stereocenters. The van der Waals surface area contributed by atoms with E-state index in [2.05, 4.69) is 25.3 Å². The Morgan fingerprint density at radius 2 is 1.70 bits per heavy atom. The number of nitrogens with one attached hydrogen (secondary N) is 1. The standard InChI is InChI=1S/C20H28N6O3S/c1-13-10-14(2)22-20(21-13)25-7-4-16(5-8-25)19(27)23-18-11-15(3)24-26(18)17-6-9-30(28,29)12-17/h10-11,16-17H,4-9,12H2,1-3H3,(H,23,27)/t17-/m1/s1. The van der Waals surface area contributed by atoms with E-state index in [1.54, 1.807) is 10.7 Å². The fourth-order valence-corrected chi connectivity index (χ4v) is 5.97. The number of anilines is 2. The maximum atomic E-state index is 12.9. The van der Waals surface area contributed by atoms with Crippen molar-refractivity contribution < 1.29 is 13.2 Å². The molecule has 0 aromatic carbocycles. The molecule has 162 valence electrons. The summed E-state index contributed by atoms with van der Waals surface area (Å²) >= 11 is 0. The second-order valence-corrected chi connectivity index (χ2v) is 10.6. The Bertz CT molecular complexity index is 1040.